The topological polar surface area (TPSA) is 103 Å². The van der Waals surface area contributed by atoms with E-state index in [0.29, 0.717) is 46.2 Å². The third-order valence-electron chi connectivity index (χ3n) is 7.12. The molecule has 6 rings (SSSR count). The molecular weight excluding hydrogens is 612 g/mol. The van der Waals surface area contributed by atoms with Crippen LogP contribution in [0.15, 0.2) is 138 Å². The highest BCUT2D eigenvalue weighted by atomic mass is 32.2. The van der Waals surface area contributed by atoms with Crippen molar-refractivity contribution in [1.82, 2.24) is 5.32 Å². The minimum atomic E-state index is -0.503. The maximum atomic E-state index is 13.6. The lowest BCUT2D eigenvalue weighted by atomic mass is 10.1. The van der Waals surface area contributed by atoms with Gasteiger partial charge in [0.1, 0.15) is 18.1 Å². The normalized spacial score (nSPS) is 11.9. The van der Waals surface area contributed by atoms with Gasteiger partial charge >= 0.3 is 0 Å². The van der Waals surface area contributed by atoms with Crippen molar-refractivity contribution >= 4 is 41.1 Å². The second-order valence-electron chi connectivity index (χ2n) is 10.5. The van der Waals surface area contributed by atoms with E-state index in [-0.39, 0.29) is 24.0 Å². The van der Waals surface area contributed by atoms with Gasteiger partial charge in [-0.05, 0) is 77.9 Å². The van der Waals surface area contributed by atoms with E-state index < -0.39 is 11.8 Å². The third kappa shape index (κ3) is 8.47. The van der Waals surface area contributed by atoms with E-state index in [0.717, 1.165) is 10.5 Å². The first kappa shape index (κ1) is 31.2. The zero-order valence-corrected chi connectivity index (χ0v) is 26.0. The van der Waals surface area contributed by atoms with E-state index in [9.17, 15) is 14.4 Å². The SMILES string of the molecule is O=C(Nc1cccc(SCC(=O)c2ccc3c(c2)OCO3)c1)/C(=C/c1ccc(OCc2ccccc2)cc1)NC(=O)c1ccccc1. The molecule has 1 heterocycles. The van der Waals surface area contributed by atoms with Gasteiger partial charge in [0.15, 0.2) is 17.3 Å². The fraction of sp³-hybridized carbons (Fsp3) is 0.0789. The zero-order chi connectivity index (χ0) is 32.4. The number of hydrogen-bond donors (Lipinski definition) is 2. The Balaban J connectivity index is 1.14. The molecule has 234 valence electrons. The molecule has 5 aromatic carbocycles. The number of fused-ring (bicyclic) bond motifs is 1. The Morgan fingerprint density at radius 2 is 1.49 bits per heavy atom. The smallest absolute Gasteiger partial charge is 0.272 e. The van der Waals surface area contributed by atoms with E-state index >= 15 is 0 Å². The molecule has 1 aliphatic heterocycles. The Bertz CT molecular complexity index is 1910. The molecule has 2 amide bonds. The molecule has 0 fully saturated rings. The van der Waals surface area contributed by atoms with Gasteiger partial charge in [0.05, 0.1) is 5.75 Å². The molecule has 0 unspecified atom stereocenters. The van der Waals surface area contributed by atoms with Crippen LogP contribution in [0, 0.1) is 0 Å². The number of nitrogens with one attached hydrogen (secondary N) is 2. The molecule has 5 aromatic rings. The van der Waals surface area contributed by atoms with Crippen LogP contribution in [0.25, 0.3) is 6.08 Å². The van der Waals surface area contributed by atoms with Gasteiger partial charge in [-0.2, -0.15) is 0 Å². The third-order valence-corrected chi connectivity index (χ3v) is 8.12. The molecule has 0 spiro atoms. The first-order chi connectivity index (χ1) is 23.0. The van der Waals surface area contributed by atoms with Gasteiger partial charge in [0.25, 0.3) is 11.8 Å². The molecule has 2 N–H and O–H groups in total. The van der Waals surface area contributed by atoms with E-state index in [1.807, 2.05) is 66.7 Å². The fourth-order valence-corrected chi connectivity index (χ4v) is 5.52. The average molecular weight is 643 g/mol. The van der Waals surface area contributed by atoms with Crippen molar-refractivity contribution in [3.8, 4) is 17.2 Å². The van der Waals surface area contributed by atoms with Crippen molar-refractivity contribution < 1.29 is 28.6 Å². The molecule has 0 bridgehead atoms. The predicted octanol–water partition coefficient (Wildman–Crippen LogP) is 7.38. The summed E-state index contributed by atoms with van der Waals surface area (Å²) in [5, 5.41) is 5.65. The van der Waals surface area contributed by atoms with Crippen LogP contribution in [-0.4, -0.2) is 30.1 Å². The van der Waals surface area contributed by atoms with Gasteiger partial charge in [-0.25, -0.2) is 0 Å². The fourth-order valence-electron chi connectivity index (χ4n) is 4.67. The van der Waals surface area contributed by atoms with Crippen LogP contribution in [-0.2, 0) is 11.4 Å². The molecule has 0 radical (unpaired) electrons. The van der Waals surface area contributed by atoms with Crippen LogP contribution >= 0.6 is 11.8 Å². The lowest BCUT2D eigenvalue weighted by molar-refractivity contribution is -0.113. The van der Waals surface area contributed by atoms with Gasteiger partial charge < -0.3 is 24.8 Å². The van der Waals surface area contributed by atoms with Crippen molar-refractivity contribution in [2.45, 2.75) is 11.5 Å². The van der Waals surface area contributed by atoms with E-state index in [4.69, 9.17) is 14.2 Å². The van der Waals surface area contributed by atoms with Gasteiger partial charge in [0.2, 0.25) is 6.79 Å². The van der Waals surface area contributed by atoms with Gasteiger partial charge in [-0.1, -0.05) is 66.7 Å². The molecule has 9 heteroatoms. The van der Waals surface area contributed by atoms with Crippen LogP contribution < -0.4 is 24.8 Å². The highest BCUT2D eigenvalue weighted by Gasteiger charge is 2.18. The molecule has 0 atom stereocenters. The summed E-state index contributed by atoms with van der Waals surface area (Å²) in [4.78, 5) is 40.3. The maximum absolute atomic E-state index is 13.6. The lowest BCUT2D eigenvalue weighted by Gasteiger charge is -2.12. The van der Waals surface area contributed by atoms with Crippen LogP contribution in [0.3, 0.4) is 0 Å². The molecule has 1 aliphatic rings. The lowest BCUT2D eigenvalue weighted by Crippen LogP contribution is -2.30. The number of amides is 2. The Morgan fingerprint density at radius 3 is 2.28 bits per heavy atom. The highest BCUT2D eigenvalue weighted by Crippen LogP contribution is 2.33. The summed E-state index contributed by atoms with van der Waals surface area (Å²) >= 11 is 1.35. The summed E-state index contributed by atoms with van der Waals surface area (Å²) in [7, 11) is 0. The van der Waals surface area contributed by atoms with Crippen molar-refractivity contribution in [2.75, 3.05) is 17.9 Å². The minimum absolute atomic E-state index is 0.0620. The molecule has 8 nitrogen and oxygen atoms in total. The van der Waals surface area contributed by atoms with Gasteiger partial charge in [-0.3, -0.25) is 14.4 Å². The van der Waals surface area contributed by atoms with Crippen molar-refractivity contribution in [2.24, 2.45) is 0 Å². The van der Waals surface area contributed by atoms with Crippen molar-refractivity contribution in [1.29, 1.82) is 0 Å². The number of ether oxygens (including phenoxy) is 3. The maximum Gasteiger partial charge on any atom is 0.272 e. The summed E-state index contributed by atoms with van der Waals surface area (Å²) in [5.41, 5.74) is 3.28. The number of rotatable bonds is 12. The zero-order valence-electron chi connectivity index (χ0n) is 25.2. The monoisotopic (exact) mass is 642 g/mol. The number of hydrogen-bond acceptors (Lipinski definition) is 7. The van der Waals surface area contributed by atoms with E-state index in [2.05, 4.69) is 10.6 Å². The second kappa shape index (κ2) is 15.0. The van der Waals surface area contributed by atoms with E-state index in [1.54, 1.807) is 66.7 Å². The van der Waals surface area contributed by atoms with E-state index in [1.165, 1.54) is 11.8 Å². The van der Waals surface area contributed by atoms with Crippen LogP contribution in [0.1, 0.15) is 31.8 Å². The van der Waals surface area contributed by atoms with Crippen LogP contribution in [0.4, 0.5) is 5.69 Å². The quantitative estimate of drug-likeness (QED) is 0.0832. The number of carbonyl (C=O) groups excluding carboxylic acids is 3. The number of benzene rings is 5. The Morgan fingerprint density at radius 1 is 0.745 bits per heavy atom. The Labute approximate surface area is 276 Å². The molecule has 0 aliphatic carbocycles. The number of carbonyl (C=O) groups is 3. The first-order valence-corrected chi connectivity index (χ1v) is 15.8. The standard InChI is InChI=1S/C38H30N2O6S/c41-34(29-16-19-35-36(21-29)46-25-45-35)24-47-32-13-7-12-30(22-32)39-38(43)33(40-37(42)28-10-5-2-6-11-28)20-26-14-17-31(18-15-26)44-23-27-8-3-1-4-9-27/h1-22H,23-25H2,(H,39,43)(H,40,42)/b33-20-. The largest absolute Gasteiger partial charge is 0.489 e. The second-order valence-corrected chi connectivity index (χ2v) is 11.5. The number of thioether (sulfide) groups is 1. The molecule has 47 heavy (non-hydrogen) atoms. The van der Waals surface area contributed by atoms with Crippen LogP contribution in [0.2, 0.25) is 0 Å². The molecule has 0 saturated heterocycles. The molecule has 0 aromatic heterocycles. The number of Topliss-reactive ketones (excluding diaryl/α,β-unsaturated/α-hetero) is 1. The van der Waals surface area contributed by atoms with Crippen molar-refractivity contribution in [3.05, 3.63) is 155 Å². The summed E-state index contributed by atoms with van der Waals surface area (Å²) < 4.78 is 16.6. The van der Waals surface area contributed by atoms with Crippen LogP contribution in [0.5, 0.6) is 17.2 Å². The summed E-state index contributed by atoms with van der Waals surface area (Å²) in [5.74, 6) is 1.07. The predicted molar refractivity (Wildman–Crippen MR) is 182 cm³/mol. The number of ketones is 1. The average Bonchev–Trinajstić information content (AvgIpc) is 3.59. The van der Waals surface area contributed by atoms with Gasteiger partial charge in [-0.15, -0.1) is 11.8 Å². The summed E-state index contributed by atoms with van der Waals surface area (Å²) in [6.45, 7) is 0.574. The Hall–Kier alpha value is -5.80. The summed E-state index contributed by atoms with van der Waals surface area (Å²) in [6.07, 6.45) is 1.61. The van der Waals surface area contributed by atoms with Crippen molar-refractivity contribution in [3.63, 3.8) is 0 Å². The first-order valence-electron chi connectivity index (χ1n) is 14.8. The molecule has 0 saturated carbocycles. The highest BCUT2D eigenvalue weighted by molar-refractivity contribution is 8.00. The Kier molecular flexibility index (Phi) is 9.95. The van der Waals surface area contributed by atoms with Gasteiger partial charge in [0, 0.05) is 21.7 Å². The minimum Gasteiger partial charge on any atom is -0.489 e. The number of anilines is 1. The molecular formula is C38H30N2O6S. The summed E-state index contributed by atoms with van der Waals surface area (Å²) in [6, 6.07) is 38.1.